The van der Waals surface area contributed by atoms with Gasteiger partial charge in [-0.15, -0.1) is 0 Å². The minimum Gasteiger partial charge on any atom is -0.481 e. The zero-order valence-electron chi connectivity index (χ0n) is 20.7. The number of aryl methyl sites for hydroxylation is 1. The predicted octanol–water partition coefficient (Wildman–Crippen LogP) is 6.43. The average Bonchev–Trinajstić information content (AvgIpc) is 3.37. The Morgan fingerprint density at radius 3 is 2.59 bits per heavy atom. The smallest absolute Gasteiger partial charge is 0.263 e. The van der Waals surface area contributed by atoms with Crippen molar-refractivity contribution in [2.24, 2.45) is 7.05 Å². The molecule has 2 heterocycles. The van der Waals surface area contributed by atoms with Gasteiger partial charge in [0.2, 0.25) is 5.88 Å². The SMILES string of the molecule is COc1nc(-c2cccc(-c3cccc(NC(=O)c4ccc(I)n(C)c4=O)c3C)c2Cl)cc2c1CCC2. The van der Waals surface area contributed by atoms with Crippen LogP contribution in [0.15, 0.2) is 59.4 Å². The van der Waals surface area contributed by atoms with Gasteiger partial charge < -0.3 is 14.6 Å². The summed E-state index contributed by atoms with van der Waals surface area (Å²) in [6.45, 7) is 1.93. The molecule has 0 radical (unpaired) electrons. The van der Waals surface area contributed by atoms with Gasteiger partial charge in [-0.25, -0.2) is 4.98 Å². The van der Waals surface area contributed by atoms with Crippen molar-refractivity contribution in [1.29, 1.82) is 0 Å². The fraction of sp³-hybridized carbons (Fsp3) is 0.207. The lowest BCUT2D eigenvalue weighted by molar-refractivity contribution is 0.102. The highest BCUT2D eigenvalue weighted by atomic mass is 127. The van der Waals surface area contributed by atoms with Crippen molar-refractivity contribution in [3.63, 3.8) is 0 Å². The van der Waals surface area contributed by atoms with Gasteiger partial charge in [0.15, 0.2) is 0 Å². The molecule has 6 nitrogen and oxygen atoms in total. The third-order valence-corrected chi connectivity index (χ3v) is 8.37. The molecule has 4 aromatic rings. The molecule has 1 aliphatic carbocycles. The Balaban J connectivity index is 1.53. The van der Waals surface area contributed by atoms with Crippen LogP contribution in [-0.4, -0.2) is 22.6 Å². The van der Waals surface area contributed by atoms with Crippen LogP contribution < -0.4 is 15.6 Å². The van der Waals surface area contributed by atoms with Crippen molar-refractivity contribution >= 4 is 45.8 Å². The summed E-state index contributed by atoms with van der Waals surface area (Å²) in [4.78, 5) is 30.3. The second-order valence-electron chi connectivity index (χ2n) is 9.04. The quantitative estimate of drug-likeness (QED) is 0.205. The highest BCUT2D eigenvalue weighted by molar-refractivity contribution is 14.1. The molecule has 1 N–H and O–H groups in total. The van der Waals surface area contributed by atoms with Crippen molar-refractivity contribution in [2.45, 2.75) is 26.2 Å². The molecule has 0 bridgehead atoms. The summed E-state index contributed by atoms with van der Waals surface area (Å²) in [5, 5.41) is 3.48. The zero-order valence-corrected chi connectivity index (χ0v) is 23.6. The molecular formula is C29H25ClIN3O3. The van der Waals surface area contributed by atoms with Crippen molar-refractivity contribution in [3.05, 3.63) is 95.9 Å². The molecule has 0 aliphatic heterocycles. The Kier molecular flexibility index (Phi) is 7.09. The number of methoxy groups -OCH3 is 1. The maximum atomic E-state index is 13.0. The summed E-state index contributed by atoms with van der Waals surface area (Å²) in [5.41, 5.74) is 6.96. The lowest BCUT2D eigenvalue weighted by atomic mass is 9.96. The number of pyridine rings is 2. The van der Waals surface area contributed by atoms with Crippen LogP contribution in [-0.2, 0) is 19.9 Å². The van der Waals surface area contributed by atoms with Crippen LogP contribution in [0.3, 0.4) is 0 Å². The maximum Gasteiger partial charge on any atom is 0.263 e. The maximum absolute atomic E-state index is 13.0. The Morgan fingerprint density at radius 1 is 1.08 bits per heavy atom. The van der Waals surface area contributed by atoms with Gasteiger partial charge in [-0.1, -0.05) is 41.9 Å². The van der Waals surface area contributed by atoms with E-state index in [0.29, 0.717) is 16.6 Å². The Labute approximate surface area is 233 Å². The molecular weight excluding hydrogens is 601 g/mol. The van der Waals surface area contributed by atoms with Crippen LogP contribution >= 0.6 is 34.2 Å². The molecule has 8 heteroatoms. The monoisotopic (exact) mass is 625 g/mol. The number of nitrogens with zero attached hydrogens (tertiary/aromatic N) is 2. The molecule has 0 saturated heterocycles. The highest BCUT2D eigenvalue weighted by Crippen LogP contribution is 2.40. The fourth-order valence-electron chi connectivity index (χ4n) is 4.83. The number of anilines is 1. The van der Waals surface area contributed by atoms with E-state index in [-0.39, 0.29) is 11.1 Å². The van der Waals surface area contributed by atoms with Gasteiger partial charge in [-0.05, 0) is 89.7 Å². The minimum absolute atomic E-state index is 0.0874. The number of halogens is 2. The number of carbonyl (C=O) groups is 1. The van der Waals surface area contributed by atoms with E-state index in [0.717, 1.165) is 50.9 Å². The number of nitrogens with one attached hydrogen (secondary N) is 1. The predicted molar refractivity (Wildman–Crippen MR) is 156 cm³/mol. The lowest BCUT2D eigenvalue weighted by Crippen LogP contribution is -2.28. The first-order valence-corrected chi connectivity index (χ1v) is 13.4. The molecule has 1 aliphatic rings. The van der Waals surface area contributed by atoms with Gasteiger partial charge in [-0.3, -0.25) is 9.59 Å². The zero-order chi connectivity index (χ0) is 26.3. The number of benzene rings is 2. The van der Waals surface area contributed by atoms with Crippen LogP contribution in [0, 0.1) is 10.6 Å². The van der Waals surface area contributed by atoms with Crippen LogP contribution in [0.1, 0.15) is 33.5 Å². The summed E-state index contributed by atoms with van der Waals surface area (Å²) >= 11 is 9.05. The molecule has 5 rings (SSSR count). The Hall–Kier alpha value is -3.17. The number of amides is 1. The van der Waals surface area contributed by atoms with E-state index in [1.54, 1.807) is 26.3 Å². The average molecular weight is 626 g/mol. The van der Waals surface area contributed by atoms with Gasteiger partial charge in [0, 0.05) is 29.4 Å². The van der Waals surface area contributed by atoms with Gasteiger partial charge >= 0.3 is 0 Å². The summed E-state index contributed by atoms with van der Waals surface area (Å²) in [5.74, 6) is 0.209. The van der Waals surface area contributed by atoms with Gasteiger partial charge in [0.05, 0.1) is 21.5 Å². The molecule has 1 amide bonds. The van der Waals surface area contributed by atoms with E-state index in [2.05, 4.69) is 34.0 Å². The second-order valence-corrected chi connectivity index (χ2v) is 10.5. The number of ether oxygens (including phenoxy) is 1. The number of fused-ring (bicyclic) bond motifs is 1. The fourth-order valence-corrected chi connectivity index (χ4v) is 5.55. The van der Waals surface area contributed by atoms with E-state index in [4.69, 9.17) is 21.3 Å². The number of aromatic nitrogens is 2. The minimum atomic E-state index is -0.452. The lowest BCUT2D eigenvalue weighted by Gasteiger charge is -2.16. The summed E-state index contributed by atoms with van der Waals surface area (Å²) in [6, 6.07) is 16.9. The number of hydrogen-bond donors (Lipinski definition) is 1. The molecule has 2 aromatic heterocycles. The Bertz CT molecular complexity index is 1610. The molecule has 2 aromatic carbocycles. The number of rotatable bonds is 5. The topological polar surface area (TPSA) is 73.2 Å². The summed E-state index contributed by atoms with van der Waals surface area (Å²) < 4.78 is 7.79. The molecule has 0 spiro atoms. The molecule has 37 heavy (non-hydrogen) atoms. The summed E-state index contributed by atoms with van der Waals surface area (Å²) in [6.07, 6.45) is 3.07. The third-order valence-electron chi connectivity index (χ3n) is 6.88. The van der Waals surface area contributed by atoms with E-state index in [9.17, 15) is 9.59 Å². The molecule has 0 atom stereocenters. The van der Waals surface area contributed by atoms with Crippen LogP contribution in [0.25, 0.3) is 22.4 Å². The first kappa shape index (κ1) is 25.5. The first-order chi connectivity index (χ1) is 17.8. The second kappa shape index (κ2) is 10.3. The van der Waals surface area contributed by atoms with Gasteiger partial charge in [0.1, 0.15) is 5.56 Å². The summed E-state index contributed by atoms with van der Waals surface area (Å²) in [7, 11) is 3.30. The van der Waals surface area contributed by atoms with E-state index >= 15 is 0 Å². The first-order valence-electron chi connectivity index (χ1n) is 11.9. The van der Waals surface area contributed by atoms with Crippen LogP contribution in [0.5, 0.6) is 5.88 Å². The van der Waals surface area contributed by atoms with Crippen molar-refractivity contribution in [3.8, 4) is 28.3 Å². The molecule has 0 fully saturated rings. The Morgan fingerprint density at radius 2 is 1.81 bits per heavy atom. The van der Waals surface area contributed by atoms with Gasteiger partial charge in [0.25, 0.3) is 11.5 Å². The normalized spacial score (nSPS) is 12.4. The largest absolute Gasteiger partial charge is 0.481 e. The van der Waals surface area contributed by atoms with Crippen molar-refractivity contribution in [1.82, 2.24) is 9.55 Å². The number of hydrogen-bond acceptors (Lipinski definition) is 4. The van der Waals surface area contributed by atoms with Crippen LogP contribution in [0.2, 0.25) is 5.02 Å². The molecule has 0 saturated carbocycles. The van der Waals surface area contributed by atoms with E-state index < -0.39 is 5.91 Å². The van der Waals surface area contributed by atoms with Crippen molar-refractivity contribution in [2.75, 3.05) is 12.4 Å². The highest BCUT2D eigenvalue weighted by Gasteiger charge is 2.21. The number of carbonyl (C=O) groups excluding carboxylic acids is 1. The molecule has 0 unspecified atom stereocenters. The van der Waals surface area contributed by atoms with Crippen molar-refractivity contribution < 1.29 is 9.53 Å². The van der Waals surface area contributed by atoms with Gasteiger partial charge in [-0.2, -0.15) is 0 Å². The van der Waals surface area contributed by atoms with Crippen LogP contribution in [0.4, 0.5) is 5.69 Å². The third kappa shape index (κ3) is 4.66. The van der Waals surface area contributed by atoms with E-state index in [1.807, 2.05) is 43.3 Å². The van der Waals surface area contributed by atoms with E-state index in [1.165, 1.54) is 15.7 Å². The molecule has 188 valence electrons. The standard InChI is InChI=1S/C29H25ClIN3O3/c1-16-18(8-6-12-23(16)32-27(35)22-13-14-25(31)34(2)29(22)36)20-10-5-11-21(26(20)30)24-15-17-7-4-9-19(17)28(33-24)37-3/h5-6,8,10-15H,4,7,9H2,1-3H3,(H,32,35).